The standard InChI is InChI=1S/C39H35Br2NO6/c1-38(2,3)42-36(46)23-16-15-22-25(30(23)37(42)47)17-27-34(44)24(20-11-7-5-8-12-20)19-29(43)39(27,21-13-9-6-10-14-21)31(22)26-18-28(48-4)35(45)33(41)32(26)40/h5-15,18-19,23,25,27,30-31,45H,16-17H2,1-4H3. The number of amides is 2. The predicted octanol–water partition coefficient (Wildman–Crippen LogP) is 7.55. The van der Waals surface area contributed by atoms with Gasteiger partial charge in [0.2, 0.25) is 11.8 Å². The van der Waals surface area contributed by atoms with E-state index in [0.29, 0.717) is 37.6 Å². The van der Waals surface area contributed by atoms with Crippen molar-refractivity contribution < 1.29 is 29.0 Å². The first-order chi connectivity index (χ1) is 22.8. The number of carbonyl (C=O) groups is 4. The van der Waals surface area contributed by atoms with E-state index in [1.54, 1.807) is 6.07 Å². The molecule has 48 heavy (non-hydrogen) atoms. The van der Waals surface area contributed by atoms with Gasteiger partial charge in [-0.1, -0.05) is 72.3 Å². The molecule has 0 spiro atoms. The van der Waals surface area contributed by atoms with Crippen molar-refractivity contribution in [2.75, 3.05) is 7.11 Å². The molecule has 6 atom stereocenters. The number of carbonyl (C=O) groups excluding carboxylic acids is 4. The molecular weight excluding hydrogens is 738 g/mol. The summed E-state index contributed by atoms with van der Waals surface area (Å²) >= 11 is 7.26. The molecule has 0 radical (unpaired) electrons. The molecule has 6 unspecified atom stereocenters. The molecule has 246 valence electrons. The summed E-state index contributed by atoms with van der Waals surface area (Å²) < 4.78 is 6.46. The third-order valence-corrected chi connectivity index (χ3v) is 12.9. The Hall–Kier alpha value is -3.82. The van der Waals surface area contributed by atoms with Crippen LogP contribution in [0.1, 0.15) is 56.2 Å². The number of ketones is 2. The van der Waals surface area contributed by atoms with E-state index in [-0.39, 0.29) is 41.3 Å². The number of likely N-dealkylation sites (tertiary alicyclic amines) is 1. The second kappa shape index (κ2) is 11.7. The van der Waals surface area contributed by atoms with Gasteiger partial charge in [0.05, 0.1) is 28.8 Å². The molecule has 7 rings (SSSR count). The maximum Gasteiger partial charge on any atom is 0.234 e. The van der Waals surface area contributed by atoms with Crippen LogP contribution in [-0.4, -0.2) is 46.0 Å². The molecule has 1 saturated heterocycles. The quantitative estimate of drug-likeness (QED) is 0.217. The molecule has 3 aliphatic carbocycles. The number of hydrogen-bond acceptors (Lipinski definition) is 6. The van der Waals surface area contributed by atoms with Crippen molar-refractivity contribution in [1.82, 2.24) is 4.90 Å². The van der Waals surface area contributed by atoms with E-state index in [2.05, 4.69) is 31.9 Å². The second-order valence-electron chi connectivity index (χ2n) is 14.1. The van der Waals surface area contributed by atoms with Crippen molar-refractivity contribution in [3.63, 3.8) is 0 Å². The van der Waals surface area contributed by atoms with Crippen molar-refractivity contribution >= 4 is 60.8 Å². The van der Waals surface area contributed by atoms with E-state index in [0.717, 1.165) is 5.57 Å². The number of halogens is 2. The number of imide groups is 1. The van der Waals surface area contributed by atoms with Crippen molar-refractivity contribution in [3.8, 4) is 11.5 Å². The Balaban J connectivity index is 1.55. The number of allylic oxidation sites excluding steroid dienone is 4. The molecule has 1 heterocycles. The average molecular weight is 774 g/mol. The Morgan fingerprint density at radius 3 is 2.17 bits per heavy atom. The van der Waals surface area contributed by atoms with E-state index in [1.807, 2.05) is 87.5 Å². The van der Waals surface area contributed by atoms with E-state index in [1.165, 1.54) is 18.1 Å². The van der Waals surface area contributed by atoms with Gasteiger partial charge in [-0.05, 0) is 100 Å². The number of phenolic OH excluding ortho intramolecular Hbond substituents is 1. The fourth-order valence-corrected chi connectivity index (χ4v) is 9.81. The predicted molar refractivity (Wildman–Crippen MR) is 188 cm³/mol. The molecule has 9 heteroatoms. The second-order valence-corrected chi connectivity index (χ2v) is 15.7. The Kier molecular flexibility index (Phi) is 7.94. The molecular formula is C39H35Br2NO6. The zero-order valence-electron chi connectivity index (χ0n) is 27.0. The van der Waals surface area contributed by atoms with Gasteiger partial charge in [0.15, 0.2) is 23.1 Å². The van der Waals surface area contributed by atoms with Gasteiger partial charge >= 0.3 is 0 Å². The number of fused-ring (bicyclic) bond motifs is 4. The monoisotopic (exact) mass is 771 g/mol. The van der Waals surface area contributed by atoms with Crippen LogP contribution in [0.25, 0.3) is 5.57 Å². The van der Waals surface area contributed by atoms with Crippen molar-refractivity contribution in [3.05, 3.63) is 110 Å². The molecule has 7 nitrogen and oxygen atoms in total. The number of Topliss-reactive ketones (excluding diaryl/α,β-unsaturated/α-hetero) is 1. The van der Waals surface area contributed by atoms with Crippen LogP contribution in [0, 0.1) is 23.7 Å². The van der Waals surface area contributed by atoms with E-state index in [9.17, 15) is 14.7 Å². The lowest BCUT2D eigenvalue weighted by molar-refractivity contribution is -0.145. The summed E-state index contributed by atoms with van der Waals surface area (Å²) in [5, 5.41) is 11.0. The summed E-state index contributed by atoms with van der Waals surface area (Å²) in [7, 11) is 1.46. The van der Waals surface area contributed by atoms with Crippen LogP contribution in [0.4, 0.5) is 0 Å². The maximum absolute atomic E-state index is 15.2. The molecule has 3 aromatic rings. The number of methoxy groups -OCH3 is 1. The minimum atomic E-state index is -1.40. The van der Waals surface area contributed by atoms with E-state index >= 15 is 9.59 Å². The molecule has 1 N–H and O–H groups in total. The van der Waals surface area contributed by atoms with Crippen LogP contribution < -0.4 is 4.74 Å². The zero-order chi connectivity index (χ0) is 34.3. The van der Waals surface area contributed by atoms with Crippen LogP contribution in [0.2, 0.25) is 0 Å². The van der Waals surface area contributed by atoms with Crippen molar-refractivity contribution in [2.45, 2.75) is 50.5 Å². The molecule has 3 aromatic carbocycles. The maximum atomic E-state index is 15.2. The highest BCUT2D eigenvalue weighted by Crippen LogP contribution is 2.65. The molecule has 0 aromatic heterocycles. The number of benzene rings is 3. The minimum Gasteiger partial charge on any atom is -0.503 e. The highest BCUT2D eigenvalue weighted by molar-refractivity contribution is 9.13. The number of phenols is 1. The Morgan fingerprint density at radius 2 is 1.54 bits per heavy atom. The Morgan fingerprint density at radius 1 is 0.896 bits per heavy atom. The Bertz CT molecular complexity index is 1950. The van der Waals surface area contributed by atoms with Crippen molar-refractivity contribution in [2.24, 2.45) is 23.7 Å². The van der Waals surface area contributed by atoms with E-state index < -0.39 is 40.5 Å². The van der Waals surface area contributed by atoms with Crippen LogP contribution in [0.3, 0.4) is 0 Å². The molecule has 2 fully saturated rings. The first-order valence-corrected chi connectivity index (χ1v) is 17.7. The first-order valence-electron chi connectivity index (χ1n) is 16.1. The highest BCUT2D eigenvalue weighted by atomic mass is 79.9. The largest absolute Gasteiger partial charge is 0.503 e. The van der Waals surface area contributed by atoms with Crippen LogP contribution in [-0.2, 0) is 24.6 Å². The van der Waals surface area contributed by atoms with Gasteiger partial charge in [-0.3, -0.25) is 24.1 Å². The summed E-state index contributed by atoms with van der Waals surface area (Å²) in [6, 6.07) is 20.3. The SMILES string of the molecule is COc1cc(C2C3=CCC4C(=O)N(C(C)(C)C)C(=O)C4C3CC3C(=O)C(c4ccccc4)=CC(=O)C32c2ccccc2)c(Br)c(Br)c1O. The van der Waals surface area contributed by atoms with E-state index in [4.69, 9.17) is 4.74 Å². The van der Waals surface area contributed by atoms with Gasteiger partial charge in [0.25, 0.3) is 0 Å². The molecule has 4 aliphatic rings. The summed E-state index contributed by atoms with van der Waals surface area (Å²) in [5.41, 5.74) is 1.02. The van der Waals surface area contributed by atoms with Gasteiger partial charge in [0, 0.05) is 27.4 Å². The van der Waals surface area contributed by atoms with Gasteiger partial charge in [-0.25, -0.2) is 0 Å². The lowest BCUT2D eigenvalue weighted by Crippen LogP contribution is -2.59. The van der Waals surface area contributed by atoms with Gasteiger partial charge < -0.3 is 9.84 Å². The Labute approximate surface area is 296 Å². The molecule has 1 saturated carbocycles. The summed E-state index contributed by atoms with van der Waals surface area (Å²) in [5.74, 6) is -4.10. The number of nitrogens with zero attached hydrogens (tertiary/aromatic N) is 1. The lowest BCUT2D eigenvalue weighted by Gasteiger charge is -2.55. The topological polar surface area (TPSA) is 101 Å². The molecule has 0 bridgehead atoms. The normalized spacial score (nSPS) is 28.4. The highest BCUT2D eigenvalue weighted by Gasteiger charge is 2.66. The fourth-order valence-electron chi connectivity index (χ4n) is 8.86. The van der Waals surface area contributed by atoms with Gasteiger partial charge in [-0.2, -0.15) is 0 Å². The van der Waals surface area contributed by atoms with Crippen LogP contribution >= 0.6 is 31.9 Å². The molecule has 2 amide bonds. The van der Waals surface area contributed by atoms with Crippen molar-refractivity contribution in [1.29, 1.82) is 0 Å². The van der Waals surface area contributed by atoms with Gasteiger partial charge in [-0.15, -0.1) is 0 Å². The number of ether oxygens (including phenoxy) is 1. The summed E-state index contributed by atoms with van der Waals surface area (Å²) in [6.07, 6.45) is 4.08. The fraction of sp³-hybridized carbons (Fsp3) is 0.333. The minimum absolute atomic E-state index is 0.113. The zero-order valence-corrected chi connectivity index (χ0v) is 30.2. The number of rotatable bonds is 4. The third kappa shape index (κ3) is 4.56. The summed E-state index contributed by atoms with van der Waals surface area (Å²) in [4.78, 5) is 59.8. The van der Waals surface area contributed by atoms with Crippen LogP contribution in [0.15, 0.2) is 93.4 Å². The summed E-state index contributed by atoms with van der Waals surface area (Å²) in [6.45, 7) is 5.57. The smallest absolute Gasteiger partial charge is 0.234 e. The lowest BCUT2D eigenvalue weighted by atomic mass is 9.44. The molecule has 1 aliphatic heterocycles. The average Bonchev–Trinajstić information content (AvgIpc) is 3.35. The van der Waals surface area contributed by atoms with Crippen LogP contribution in [0.5, 0.6) is 11.5 Å². The number of hydrogen-bond donors (Lipinski definition) is 1. The third-order valence-electron chi connectivity index (χ3n) is 10.8. The van der Waals surface area contributed by atoms with Gasteiger partial charge in [0.1, 0.15) is 0 Å². The number of aromatic hydroxyl groups is 1. The first kappa shape index (κ1) is 32.7.